The predicted octanol–water partition coefficient (Wildman–Crippen LogP) is 4.60. The number of likely N-dealkylation sites (tertiary alicyclic amines) is 1. The lowest BCUT2D eigenvalue weighted by Crippen LogP contribution is -2.35. The first-order valence-electron chi connectivity index (χ1n) is 5.91. The zero-order valence-corrected chi connectivity index (χ0v) is 12.7. The second-order valence-corrected chi connectivity index (χ2v) is 6.12. The van der Waals surface area contributed by atoms with Gasteiger partial charge in [0.25, 0.3) is 0 Å². The molecule has 1 aliphatic heterocycles. The van der Waals surface area contributed by atoms with Crippen molar-refractivity contribution in [3.05, 3.63) is 33.8 Å². The first-order chi connectivity index (χ1) is 8.19. The van der Waals surface area contributed by atoms with Crippen molar-refractivity contribution in [2.75, 3.05) is 18.4 Å². The van der Waals surface area contributed by atoms with E-state index in [4.69, 9.17) is 23.2 Å². The van der Waals surface area contributed by atoms with Crippen molar-refractivity contribution in [2.24, 2.45) is 5.92 Å². The van der Waals surface area contributed by atoms with E-state index < -0.39 is 0 Å². The van der Waals surface area contributed by atoms with Crippen LogP contribution in [0.4, 0.5) is 0 Å². The molecule has 0 aromatic heterocycles. The fourth-order valence-corrected chi connectivity index (χ4v) is 3.31. The molecular formula is C13H16BrCl2N. The first-order valence-corrected chi connectivity index (χ1v) is 7.79. The Morgan fingerprint density at radius 2 is 2.18 bits per heavy atom. The summed E-state index contributed by atoms with van der Waals surface area (Å²) in [5.41, 5.74) is 1.17. The number of halogens is 3. The van der Waals surface area contributed by atoms with Gasteiger partial charge in [0.15, 0.2) is 0 Å². The molecular weight excluding hydrogens is 321 g/mol. The summed E-state index contributed by atoms with van der Waals surface area (Å²) in [6.07, 6.45) is 2.61. The third-order valence-corrected chi connectivity index (χ3v) is 4.73. The number of piperidine rings is 1. The van der Waals surface area contributed by atoms with Crippen LogP contribution in [-0.4, -0.2) is 23.3 Å². The molecule has 1 fully saturated rings. The molecule has 1 unspecified atom stereocenters. The van der Waals surface area contributed by atoms with Crippen LogP contribution in [0.2, 0.25) is 10.0 Å². The maximum atomic E-state index is 6.20. The van der Waals surface area contributed by atoms with Crippen LogP contribution in [-0.2, 0) is 6.54 Å². The van der Waals surface area contributed by atoms with Crippen molar-refractivity contribution in [1.82, 2.24) is 4.90 Å². The minimum Gasteiger partial charge on any atom is -0.299 e. The van der Waals surface area contributed by atoms with Gasteiger partial charge >= 0.3 is 0 Å². The van der Waals surface area contributed by atoms with Crippen molar-refractivity contribution in [2.45, 2.75) is 19.4 Å². The highest BCUT2D eigenvalue weighted by Crippen LogP contribution is 2.25. The van der Waals surface area contributed by atoms with Crippen molar-refractivity contribution >= 4 is 39.1 Å². The fourth-order valence-electron chi connectivity index (χ4n) is 2.31. The monoisotopic (exact) mass is 335 g/mol. The summed E-state index contributed by atoms with van der Waals surface area (Å²) < 4.78 is 0. The number of hydrogen-bond donors (Lipinski definition) is 0. The number of benzene rings is 1. The van der Waals surface area contributed by atoms with Crippen LogP contribution >= 0.6 is 39.1 Å². The van der Waals surface area contributed by atoms with Gasteiger partial charge in [-0.3, -0.25) is 4.90 Å². The van der Waals surface area contributed by atoms with E-state index in [1.807, 2.05) is 18.2 Å². The summed E-state index contributed by atoms with van der Waals surface area (Å²) in [7, 11) is 0. The molecule has 17 heavy (non-hydrogen) atoms. The van der Waals surface area contributed by atoms with Gasteiger partial charge in [0.05, 0.1) is 0 Å². The normalized spacial score (nSPS) is 21.7. The summed E-state index contributed by atoms with van der Waals surface area (Å²) in [6, 6.07) is 5.77. The van der Waals surface area contributed by atoms with Crippen LogP contribution in [0.3, 0.4) is 0 Å². The zero-order valence-electron chi connectivity index (χ0n) is 9.63. The van der Waals surface area contributed by atoms with E-state index in [-0.39, 0.29) is 0 Å². The highest BCUT2D eigenvalue weighted by atomic mass is 79.9. The molecule has 2 rings (SSSR count). The highest BCUT2D eigenvalue weighted by Gasteiger charge is 2.19. The molecule has 1 aromatic rings. The van der Waals surface area contributed by atoms with Crippen LogP contribution in [0.1, 0.15) is 18.4 Å². The van der Waals surface area contributed by atoms with Crippen LogP contribution in [0, 0.1) is 5.92 Å². The zero-order chi connectivity index (χ0) is 12.3. The van der Waals surface area contributed by atoms with E-state index in [1.54, 1.807) is 0 Å². The largest absolute Gasteiger partial charge is 0.299 e. The van der Waals surface area contributed by atoms with E-state index in [0.29, 0.717) is 5.02 Å². The average molecular weight is 337 g/mol. The molecule has 1 aliphatic rings. The minimum absolute atomic E-state index is 0.704. The van der Waals surface area contributed by atoms with Crippen molar-refractivity contribution in [1.29, 1.82) is 0 Å². The third-order valence-electron chi connectivity index (χ3n) is 3.23. The van der Waals surface area contributed by atoms with Gasteiger partial charge in [-0.1, -0.05) is 45.2 Å². The number of hydrogen-bond acceptors (Lipinski definition) is 1. The minimum atomic E-state index is 0.704. The lowest BCUT2D eigenvalue weighted by Gasteiger charge is -2.32. The topological polar surface area (TPSA) is 3.24 Å². The van der Waals surface area contributed by atoms with Crippen molar-refractivity contribution < 1.29 is 0 Å². The maximum absolute atomic E-state index is 6.20. The first kappa shape index (κ1) is 13.7. The molecule has 1 heterocycles. The summed E-state index contributed by atoms with van der Waals surface area (Å²) in [6.45, 7) is 3.26. The lowest BCUT2D eigenvalue weighted by molar-refractivity contribution is 0.179. The van der Waals surface area contributed by atoms with Gasteiger partial charge in [-0.05, 0) is 43.0 Å². The Bertz CT molecular complexity index is 384. The van der Waals surface area contributed by atoms with Gasteiger partial charge in [0.2, 0.25) is 0 Å². The molecule has 0 radical (unpaired) electrons. The Labute approximate surface area is 121 Å². The van der Waals surface area contributed by atoms with E-state index in [2.05, 4.69) is 20.8 Å². The van der Waals surface area contributed by atoms with Gasteiger partial charge in [0, 0.05) is 28.5 Å². The second-order valence-electron chi connectivity index (χ2n) is 4.63. The van der Waals surface area contributed by atoms with Crippen LogP contribution in [0.5, 0.6) is 0 Å². The number of alkyl halides is 1. The molecule has 1 aromatic carbocycles. The van der Waals surface area contributed by atoms with Crippen molar-refractivity contribution in [3.63, 3.8) is 0 Å². The second kappa shape index (κ2) is 6.42. The van der Waals surface area contributed by atoms with Crippen LogP contribution < -0.4 is 0 Å². The molecule has 0 N–H and O–H groups in total. The molecule has 4 heteroatoms. The Hall–Kier alpha value is 0.240. The number of nitrogens with zero attached hydrogens (tertiary/aromatic N) is 1. The van der Waals surface area contributed by atoms with E-state index in [1.165, 1.54) is 24.9 Å². The van der Waals surface area contributed by atoms with E-state index in [9.17, 15) is 0 Å². The van der Waals surface area contributed by atoms with E-state index >= 15 is 0 Å². The van der Waals surface area contributed by atoms with Crippen LogP contribution in [0.15, 0.2) is 18.2 Å². The summed E-state index contributed by atoms with van der Waals surface area (Å²) in [4.78, 5) is 2.48. The molecule has 0 spiro atoms. The predicted molar refractivity (Wildman–Crippen MR) is 78.3 cm³/mol. The molecule has 1 nitrogen and oxygen atoms in total. The van der Waals surface area contributed by atoms with E-state index in [0.717, 1.165) is 29.4 Å². The molecule has 0 amide bonds. The lowest BCUT2D eigenvalue weighted by atomic mass is 10.00. The summed E-state index contributed by atoms with van der Waals surface area (Å²) in [5.74, 6) is 0.773. The maximum Gasteiger partial charge on any atom is 0.0465 e. The van der Waals surface area contributed by atoms with Crippen LogP contribution in [0.25, 0.3) is 0 Å². The molecule has 1 atom stereocenters. The summed E-state index contributed by atoms with van der Waals surface area (Å²) >= 11 is 15.7. The molecule has 0 saturated carbocycles. The molecule has 0 aliphatic carbocycles. The third kappa shape index (κ3) is 3.85. The van der Waals surface area contributed by atoms with Crippen molar-refractivity contribution in [3.8, 4) is 0 Å². The Morgan fingerprint density at radius 1 is 1.35 bits per heavy atom. The van der Waals surface area contributed by atoms with Gasteiger partial charge in [-0.25, -0.2) is 0 Å². The van der Waals surface area contributed by atoms with Gasteiger partial charge in [-0.15, -0.1) is 0 Å². The highest BCUT2D eigenvalue weighted by molar-refractivity contribution is 9.09. The molecule has 1 saturated heterocycles. The Morgan fingerprint density at radius 3 is 2.88 bits per heavy atom. The quantitative estimate of drug-likeness (QED) is 0.729. The SMILES string of the molecule is Clc1ccc(CN2CCCC(CBr)C2)c(Cl)c1. The molecule has 94 valence electrons. The number of rotatable bonds is 3. The fraction of sp³-hybridized carbons (Fsp3) is 0.538. The Balaban J connectivity index is 2.00. The Kier molecular flexibility index (Phi) is 5.16. The standard InChI is InChI=1S/C13H16BrCl2N/c14-7-10-2-1-5-17(8-10)9-11-3-4-12(15)6-13(11)16/h3-4,6,10H,1-2,5,7-9H2. The molecule has 0 bridgehead atoms. The van der Waals surface area contributed by atoms with Gasteiger partial charge in [-0.2, -0.15) is 0 Å². The summed E-state index contributed by atoms with van der Waals surface area (Å²) in [5, 5.41) is 2.58. The van der Waals surface area contributed by atoms with Gasteiger partial charge < -0.3 is 0 Å². The average Bonchev–Trinajstić information content (AvgIpc) is 2.33. The van der Waals surface area contributed by atoms with Gasteiger partial charge in [0.1, 0.15) is 0 Å². The smallest absolute Gasteiger partial charge is 0.0465 e.